The average molecular weight is 549 g/mol. The van der Waals surface area contributed by atoms with Gasteiger partial charge >= 0.3 is 0 Å². The molecular weight excluding hydrogens is 504 g/mol. The highest BCUT2D eigenvalue weighted by Crippen LogP contribution is 2.37. The largest absolute Gasteiger partial charge is 0.497 e. The van der Waals surface area contributed by atoms with Crippen molar-refractivity contribution in [3.8, 4) is 5.75 Å². The fraction of sp³-hybridized carbons (Fsp3) is 0.455. The van der Waals surface area contributed by atoms with Gasteiger partial charge in [0.05, 0.1) is 32.5 Å². The first-order chi connectivity index (χ1) is 18.6. The lowest BCUT2D eigenvalue weighted by Crippen LogP contribution is -2.66. The summed E-state index contributed by atoms with van der Waals surface area (Å²) in [5.74, 6) is 0.282. The fourth-order valence-corrected chi connectivity index (χ4v) is 10.1. The summed E-state index contributed by atoms with van der Waals surface area (Å²) >= 11 is 0. The second kappa shape index (κ2) is 12.8. The molecule has 1 heterocycles. The third kappa shape index (κ3) is 7.38. The second-order valence-corrected chi connectivity index (χ2v) is 16.1. The van der Waals surface area contributed by atoms with E-state index in [0.29, 0.717) is 19.8 Å². The molecule has 0 radical (unpaired) electrons. The van der Waals surface area contributed by atoms with E-state index in [0.717, 1.165) is 24.2 Å². The number of benzene rings is 3. The van der Waals surface area contributed by atoms with Crippen molar-refractivity contribution in [2.75, 3.05) is 20.3 Å². The minimum atomic E-state index is -2.61. The summed E-state index contributed by atoms with van der Waals surface area (Å²) in [4.78, 5) is 0. The maximum atomic E-state index is 7.15. The van der Waals surface area contributed by atoms with E-state index >= 15 is 0 Å². The summed E-state index contributed by atoms with van der Waals surface area (Å²) in [5, 5.41) is 2.50. The standard InChI is InChI=1S/C33H44O5Si/c1-32(2,3)39(30-13-9-7-10-14-30,31-15-11-8-12-16-31)37-22-21-28(23-29-25-36-33(4,5)38-29)35-24-26-17-19-27(34-6)20-18-26/h7-20,28-29H,21-25H2,1-6H3/t28-,29-/m0/s1. The van der Waals surface area contributed by atoms with Gasteiger partial charge in [-0.05, 0) is 53.4 Å². The summed E-state index contributed by atoms with van der Waals surface area (Å²) in [5.41, 5.74) is 1.11. The van der Waals surface area contributed by atoms with Crippen LogP contribution in [-0.4, -0.2) is 46.6 Å². The molecule has 0 unspecified atom stereocenters. The molecule has 0 amide bonds. The molecular formula is C33H44O5Si. The average Bonchev–Trinajstić information content (AvgIpc) is 3.28. The number of methoxy groups -OCH3 is 1. The van der Waals surface area contributed by atoms with Crippen molar-refractivity contribution in [1.82, 2.24) is 0 Å². The summed E-state index contributed by atoms with van der Waals surface area (Å²) < 4.78 is 31.0. The van der Waals surface area contributed by atoms with Gasteiger partial charge in [-0.25, -0.2) is 0 Å². The molecule has 6 heteroatoms. The summed E-state index contributed by atoms with van der Waals surface area (Å²) in [7, 11) is -0.927. The Kier molecular flexibility index (Phi) is 9.67. The van der Waals surface area contributed by atoms with Crippen LogP contribution >= 0.6 is 0 Å². The summed E-state index contributed by atoms with van der Waals surface area (Å²) in [6, 6.07) is 29.6. The van der Waals surface area contributed by atoms with Crippen molar-refractivity contribution < 1.29 is 23.4 Å². The lowest BCUT2D eigenvalue weighted by Gasteiger charge is -2.43. The molecule has 0 aromatic heterocycles. The Hall–Kier alpha value is -2.48. The molecule has 3 aromatic rings. The van der Waals surface area contributed by atoms with Crippen LogP contribution in [0.1, 0.15) is 53.0 Å². The minimum Gasteiger partial charge on any atom is -0.497 e. The Morgan fingerprint density at radius 3 is 1.97 bits per heavy atom. The van der Waals surface area contributed by atoms with Crippen LogP contribution in [0.15, 0.2) is 84.9 Å². The number of rotatable bonds is 12. The zero-order chi connectivity index (χ0) is 27.9. The van der Waals surface area contributed by atoms with Gasteiger partial charge in [-0.3, -0.25) is 0 Å². The van der Waals surface area contributed by atoms with Crippen LogP contribution in [0.25, 0.3) is 0 Å². The Balaban J connectivity index is 1.53. The van der Waals surface area contributed by atoms with Gasteiger partial charge in [0.25, 0.3) is 8.32 Å². The topological polar surface area (TPSA) is 46.2 Å². The van der Waals surface area contributed by atoms with E-state index in [1.807, 2.05) is 38.1 Å². The first kappa shape index (κ1) is 29.5. The van der Waals surface area contributed by atoms with Crippen molar-refractivity contribution >= 4 is 18.7 Å². The van der Waals surface area contributed by atoms with Crippen LogP contribution < -0.4 is 15.1 Å². The van der Waals surface area contributed by atoms with Gasteiger partial charge in [-0.15, -0.1) is 0 Å². The van der Waals surface area contributed by atoms with Crippen LogP contribution in [0.4, 0.5) is 0 Å². The molecule has 0 saturated carbocycles. The zero-order valence-corrected chi connectivity index (χ0v) is 25.3. The van der Waals surface area contributed by atoms with Gasteiger partial charge in [0.2, 0.25) is 0 Å². The first-order valence-electron chi connectivity index (χ1n) is 13.9. The zero-order valence-electron chi connectivity index (χ0n) is 24.3. The third-order valence-corrected chi connectivity index (χ3v) is 12.5. The lowest BCUT2D eigenvalue weighted by atomic mass is 10.1. The van der Waals surface area contributed by atoms with Crippen LogP contribution in [0, 0.1) is 0 Å². The monoisotopic (exact) mass is 548 g/mol. The fourth-order valence-electron chi connectivity index (χ4n) is 5.48. The number of hydrogen-bond donors (Lipinski definition) is 0. The molecule has 1 aliphatic heterocycles. The van der Waals surface area contributed by atoms with Gasteiger partial charge < -0.3 is 23.4 Å². The molecule has 2 atom stereocenters. The van der Waals surface area contributed by atoms with E-state index in [1.54, 1.807) is 7.11 Å². The van der Waals surface area contributed by atoms with Crippen molar-refractivity contribution in [2.24, 2.45) is 0 Å². The smallest absolute Gasteiger partial charge is 0.261 e. The van der Waals surface area contributed by atoms with Crippen LogP contribution in [0.5, 0.6) is 5.75 Å². The van der Waals surface area contributed by atoms with Gasteiger partial charge in [0, 0.05) is 13.0 Å². The van der Waals surface area contributed by atoms with Crippen molar-refractivity contribution in [1.29, 1.82) is 0 Å². The summed E-state index contributed by atoms with van der Waals surface area (Å²) in [6.45, 7) is 12.5. The van der Waals surface area contributed by atoms with E-state index in [4.69, 9.17) is 23.4 Å². The first-order valence-corrected chi connectivity index (χ1v) is 15.8. The van der Waals surface area contributed by atoms with Gasteiger partial charge in [-0.1, -0.05) is 93.6 Å². The Morgan fingerprint density at radius 2 is 1.49 bits per heavy atom. The molecule has 4 rings (SSSR count). The summed E-state index contributed by atoms with van der Waals surface area (Å²) in [6.07, 6.45) is 1.48. The molecule has 5 nitrogen and oxygen atoms in total. The molecule has 39 heavy (non-hydrogen) atoms. The quantitative estimate of drug-likeness (QED) is 0.256. The van der Waals surface area contributed by atoms with Crippen molar-refractivity contribution in [3.05, 3.63) is 90.5 Å². The van der Waals surface area contributed by atoms with Gasteiger partial charge in [-0.2, -0.15) is 0 Å². The molecule has 0 N–H and O–H groups in total. The third-order valence-electron chi connectivity index (χ3n) is 7.41. The minimum absolute atomic E-state index is 0.00580. The van der Waals surface area contributed by atoms with E-state index < -0.39 is 14.1 Å². The highest BCUT2D eigenvalue weighted by Gasteiger charge is 2.50. The van der Waals surface area contributed by atoms with Crippen molar-refractivity contribution in [2.45, 2.75) is 77.1 Å². The number of hydrogen-bond acceptors (Lipinski definition) is 5. The SMILES string of the molecule is COc1ccc(CO[C@@H](CCO[Si](c2ccccc2)(c2ccccc2)C(C)(C)C)C[C@H]2COC(C)(C)O2)cc1. The van der Waals surface area contributed by atoms with E-state index in [-0.39, 0.29) is 17.2 Å². The molecule has 1 fully saturated rings. The molecule has 0 spiro atoms. The molecule has 1 saturated heterocycles. The van der Waals surface area contributed by atoms with Gasteiger partial charge in [0.1, 0.15) is 5.75 Å². The van der Waals surface area contributed by atoms with Gasteiger partial charge in [0.15, 0.2) is 5.79 Å². The Morgan fingerprint density at radius 1 is 0.897 bits per heavy atom. The van der Waals surface area contributed by atoms with Crippen LogP contribution in [-0.2, 0) is 25.2 Å². The molecule has 0 aliphatic carbocycles. The van der Waals surface area contributed by atoms with Crippen LogP contribution in [0.3, 0.4) is 0 Å². The number of ether oxygens (including phenoxy) is 4. The lowest BCUT2D eigenvalue weighted by molar-refractivity contribution is -0.143. The van der Waals surface area contributed by atoms with Crippen molar-refractivity contribution in [3.63, 3.8) is 0 Å². The highest BCUT2D eigenvalue weighted by molar-refractivity contribution is 6.99. The Bertz CT molecular complexity index is 1100. The van der Waals surface area contributed by atoms with Crippen LogP contribution in [0.2, 0.25) is 5.04 Å². The predicted molar refractivity (Wildman–Crippen MR) is 159 cm³/mol. The molecule has 1 aliphatic rings. The molecule has 3 aromatic carbocycles. The normalized spacial score (nSPS) is 18.2. The van der Waals surface area contributed by atoms with E-state index in [2.05, 4.69) is 81.4 Å². The van der Waals surface area contributed by atoms with E-state index in [1.165, 1.54) is 10.4 Å². The second-order valence-electron chi connectivity index (χ2n) is 11.8. The van der Waals surface area contributed by atoms with E-state index in [9.17, 15) is 0 Å². The molecule has 210 valence electrons. The highest BCUT2D eigenvalue weighted by atomic mass is 28.4. The predicted octanol–water partition coefficient (Wildman–Crippen LogP) is 6.09. The maximum Gasteiger partial charge on any atom is 0.261 e. The molecule has 0 bridgehead atoms. The Labute approximate surface area is 235 Å². The maximum absolute atomic E-state index is 7.15.